The van der Waals surface area contributed by atoms with Gasteiger partial charge in [0.25, 0.3) is 0 Å². The number of hydrogen-bond donors (Lipinski definition) is 2. The first-order chi connectivity index (χ1) is 12.6. The highest BCUT2D eigenvalue weighted by atomic mass is 16.3. The van der Waals surface area contributed by atoms with Gasteiger partial charge in [-0.3, -0.25) is 9.59 Å². The smallest absolute Gasteiger partial charge is 0.196 e. The quantitative estimate of drug-likeness (QED) is 0.537. The first kappa shape index (κ1) is 17.2. The molecule has 3 aromatic rings. The van der Waals surface area contributed by atoms with E-state index in [-0.39, 0.29) is 22.6 Å². The van der Waals surface area contributed by atoms with Gasteiger partial charge in [0.05, 0.1) is 11.1 Å². The first-order valence-electron chi connectivity index (χ1n) is 7.99. The lowest BCUT2D eigenvalue weighted by molar-refractivity contribution is 0.103. The summed E-state index contributed by atoms with van der Waals surface area (Å²) in [7, 11) is 0. The number of ketones is 2. The normalized spacial score (nSPS) is 10.8. The number of carbonyl (C=O) groups is 2. The van der Waals surface area contributed by atoms with E-state index in [9.17, 15) is 19.8 Å². The van der Waals surface area contributed by atoms with E-state index in [0.717, 1.165) is 11.6 Å². The average molecular weight is 344 g/mol. The average Bonchev–Trinajstić information content (AvgIpc) is 2.67. The van der Waals surface area contributed by atoms with Crippen LogP contribution in [0.3, 0.4) is 0 Å². The van der Waals surface area contributed by atoms with Crippen LogP contribution in [0.1, 0.15) is 31.8 Å². The van der Waals surface area contributed by atoms with Crippen LogP contribution in [0.5, 0.6) is 11.5 Å². The number of aromatic hydroxyl groups is 2. The molecule has 0 heterocycles. The second-order valence-corrected chi connectivity index (χ2v) is 5.69. The Morgan fingerprint density at radius 2 is 1.31 bits per heavy atom. The van der Waals surface area contributed by atoms with E-state index in [4.69, 9.17) is 0 Å². The lowest BCUT2D eigenvalue weighted by atomic mass is 9.98. The molecule has 0 saturated heterocycles. The van der Waals surface area contributed by atoms with Crippen molar-refractivity contribution in [3.05, 3.63) is 101 Å². The van der Waals surface area contributed by atoms with Crippen LogP contribution in [0.2, 0.25) is 0 Å². The van der Waals surface area contributed by atoms with Crippen molar-refractivity contribution in [2.75, 3.05) is 0 Å². The van der Waals surface area contributed by atoms with Crippen LogP contribution in [-0.4, -0.2) is 21.8 Å². The summed E-state index contributed by atoms with van der Waals surface area (Å²) in [6.07, 6.45) is 2.94. The Bertz CT molecular complexity index is 974. The van der Waals surface area contributed by atoms with Gasteiger partial charge in [-0.15, -0.1) is 0 Å². The van der Waals surface area contributed by atoms with Gasteiger partial charge in [0, 0.05) is 11.6 Å². The molecular formula is C22H16O4. The van der Waals surface area contributed by atoms with Crippen LogP contribution in [0.25, 0.3) is 6.08 Å². The van der Waals surface area contributed by atoms with Crippen molar-refractivity contribution in [3.63, 3.8) is 0 Å². The van der Waals surface area contributed by atoms with E-state index in [0.29, 0.717) is 5.56 Å². The molecule has 0 fully saturated rings. The number of benzene rings is 3. The van der Waals surface area contributed by atoms with Gasteiger partial charge in [0.15, 0.2) is 11.6 Å². The van der Waals surface area contributed by atoms with E-state index in [1.165, 1.54) is 12.1 Å². The topological polar surface area (TPSA) is 74.6 Å². The Kier molecular flexibility index (Phi) is 4.94. The minimum Gasteiger partial charge on any atom is -0.507 e. The van der Waals surface area contributed by atoms with Gasteiger partial charge in [-0.25, -0.2) is 0 Å². The summed E-state index contributed by atoms with van der Waals surface area (Å²) in [6, 6.07) is 19.9. The fourth-order valence-corrected chi connectivity index (χ4v) is 2.53. The minimum atomic E-state index is -0.464. The molecule has 26 heavy (non-hydrogen) atoms. The molecule has 2 N–H and O–H groups in total. The summed E-state index contributed by atoms with van der Waals surface area (Å²) in [4.78, 5) is 25.0. The summed E-state index contributed by atoms with van der Waals surface area (Å²) < 4.78 is 0. The Balaban J connectivity index is 1.94. The molecule has 0 aromatic heterocycles. The highest BCUT2D eigenvalue weighted by Crippen LogP contribution is 2.30. The summed E-state index contributed by atoms with van der Waals surface area (Å²) in [5.41, 5.74) is 1.13. The highest BCUT2D eigenvalue weighted by Gasteiger charge is 2.19. The van der Waals surface area contributed by atoms with Gasteiger partial charge < -0.3 is 10.2 Å². The van der Waals surface area contributed by atoms with Crippen LogP contribution in [0.4, 0.5) is 0 Å². The van der Waals surface area contributed by atoms with E-state index in [2.05, 4.69) is 0 Å². The fourth-order valence-electron chi connectivity index (χ4n) is 2.53. The third-order valence-electron chi connectivity index (χ3n) is 3.89. The maximum absolute atomic E-state index is 12.6. The predicted molar refractivity (Wildman–Crippen MR) is 99.5 cm³/mol. The lowest BCUT2D eigenvalue weighted by Gasteiger charge is -2.08. The van der Waals surface area contributed by atoms with Gasteiger partial charge in [-0.05, 0) is 17.7 Å². The zero-order valence-corrected chi connectivity index (χ0v) is 13.8. The maximum atomic E-state index is 12.6. The van der Waals surface area contributed by atoms with Crippen LogP contribution in [0.15, 0.2) is 78.9 Å². The standard InChI is InChI=1S/C22H16O4/c23-19(12-11-15-7-3-1-4-8-15)17-13-18(21(25)14-20(17)24)22(26)16-9-5-2-6-10-16/h1-14,24-25H. The summed E-state index contributed by atoms with van der Waals surface area (Å²) in [6.45, 7) is 0. The lowest BCUT2D eigenvalue weighted by Crippen LogP contribution is -2.04. The second kappa shape index (κ2) is 7.49. The van der Waals surface area contributed by atoms with E-state index in [1.807, 2.05) is 30.3 Å². The van der Waals surface area contributed by atoms with Crippen molar-refractivity contribution >= 4 is 17.6 Å². The Morgan fingerprint density at radius 1 is 0.731 bits per heavy atom. The van der Waals surface area contributed by atoms with E-state index < -0.39 is 11.6 Å². The van der Waals surface area contributed by atoms with Gasteiger partial charge in [0.2, 0.25) is 0 Å². The summed E-state index contributed by atoms with van der Waals surface area (Å²) in [5, 5.41) is 20.0. The third-order valence-corrected chi connectivity index (χ3v) is 3.89. The number of phenols is 2. The van der Waals surface area contributed by atoms with Crippen molar-refractivity contribution in [1.29, 1.82) is 0 Å². The number of allylic oxidation sites excluding steroid dienone is 1. The molecule has 0 spiro atoms. The van der Waals surface area contributed by atoms with Crippen LogP contribution < -0.4 is 0 Å². The van der Waals surface area contributed by atoms with Gasteiger partial charge in [-0.2, -0.15) is 0 Å². The summed E-state index contributed by atoms with van der Waals surface area (Å²) >= 11 is 0. The zero-order valence-electron chi connectivity index (χ0n) is 13.8. The van der Waals surface area contributed by atoms with Crippen molar-refractivity contribution < 1.29 is 19.8 Å². The third kappa shape index (κ3) is 3.70. The van der Waals surface area contributed by atoms with Crippen molar-refractivity contribution in [3.8, 4) is 11.5 Å². The van der Waals surface area contributed by atoms with Gasteiger partial charge in [0.1, 0.15) is 11.5 Å². The van der Waals surface area contributed by atoms with E-state index in [1.54, 1.807) is 36.4 Å². The highest BCUT2D eigenvalue weighted by molar-refractivity contribution is 6.14. The van der Waals surface area contributed by atoms with Crippen LogP contribution in [-0.2, 0) is 0 Å². The molecule has 4 heteroatoms. The molecule has 128 valence electrons. The molecular weight excluding hydrogens is 328 g/mol. The molecule has 0 aliphatic heterocycles. The van der Waals surface area contributed by atoms with Crippen molar-refractivity contribution in [1.82, 2.24) is 0 Å². The van der Waals surface area contributed by atoms with Crippen molar-refractivity contribution in [2.45, 2.75) is 0 Å². The number of phenolic OH excluding ortho intramolecular Hbond substituents is 2. The molecule has 0 saturated carbocycles. The number of carbonyl (C=O) groups excluding carboxylic acids is 2. The minimum absolute atomic E-state index is 0.0366. The molecule has 0 aliphatic rings. The zero-order chi connectivity index (χ0) is 18.5. The Labute approximate surface area is 150 Å². The second-order valence-electron chi connectivity index (χ2n) is 5.69. The first-order valence-corrected chi connectivity index (χ1v) is 7.99. The SMILES string of the molecule is O=C(C=Cc1ccccc1)c1cc(C(=O)c2ccccc2)c(O)cc1O. The summed E-state index contributed by atoms with van der Waals surface area (Å²) in [5.74, 6) is -1.65. The molecule has 0 unspecified atom stereocenters. The molecule has 0 radical (unpaired) electrons. The fraction of sp³-hybridized carbons (Fsp3) is 0. The molecule has 0 atom stereocenters. The van der Waals surface area contributed by atoms with E-state index >= 15 is 0 Å². The Morgan fingerprint density at radius 3 is 1.96 bits per heavy atom. The molecule has 0 bridgehead atoms. The maximum Gasteiger partial charge on any atom is 0.196 e. The van der Waals surface area contributed by atoms with Crippen molar-refractivity contribution in [2.24, 2.45) is 0 Å². The number of rotatable bonds is 5. The monoisotopic (exact) mass is 344 g/mol. The Hall–Kier alpha value is -3.66. The largest absolute Gasteiger partial charge is 0.507 e. The van der Waals surface area contributed by atoms with Crippen LogP contribution in [0, 0.1) is 0 Å². The molecule has 4 nitrogen and oxygen atoms in total. The molecule has 0 amide bonds. The van der Waals surface area contributed by atoms with Crippen LogP contribution >= 0.6 is 0 Å². The molecule has 3 rings (SSSR count). The molecule has 0 aliphatic carbocycles. The molecule has 3 aromatic carbocycles. The van der Waals surface area contributed by atoms with Gasteiger partial charge >= 0.3 is 0 Å². The predicted octanol–water partition coefficient (Wildman–Crippen LogP) is 4.22. The van der Waals surface area contributed by atoms with Gasteiger partial charge in [-0.1, -0.05) is 66.7 Å². The number of hydrogen-bond acceptors (Lipinski definition) is 4.